The van der Waals surface area contributed by atoms with Gasteiger partial charge in [-0.3, -0.25) is 19.7 Å². The van der Waals surface area contributed by atoms with Gasteiger partial charge in [-0.05, 0) is 38.7 Å². The summed E-state index contributed by atoms with van der Waals surface area (Å²) in [5.74, 6) is -0.552. The Balaban J connectivity index is 1.98. The first-order valence-electron chi connectivity index (χ1n) is 9.43. The highest BCUT2D eigenvalue weighted by atomic mass is 16.5. The molecule has 27 heavy (non-hydrogen) atoms. The number of nitrogens with zero attached hydrogens (tertiary/aromatic N) is 1. The van der Waals surface area contributed by atoms with Crippen LogP contribution in [0.4, 0.5) is 0 Å². The second-order valence-electron chi connectivity index (χ2n) is 6.58. The lowest BCUT2D eigenvalue weighted by atomic mass is 10.0. The zero-order valence-corrected chi connectivity index (χ0v) is 15.9. The van der Waals surface area contributed by atoms with Crippen molar-refractivity contribution in [1.29, 1.82) is 0 Å². The van der Waals surface area contributed by atoms with Crippen LogP contribution in [0.2, 0.25) is 0 Å². The molecule has 1 N–H and O–H groups in total. The van der Waals surface area contributed by atoms with Crippen LogP contribution in [-0.4, -0.2) is 54.7 Å². The summed E-state index contributed by atoms with van der Waals surface area (Å²) < 4.78 is 10.1. The van der Waals surface area contributed by atoms with E-state index in [1.54, 1.807) is 18.7 Å². The largest absolute Gasteiger partial charge is 0.465 e. The molecule has 0 radical (unpaired) electrons. The van der Waals surface area contributed by atoms with Crippen LogP contribution in [0.3, 0.4) is 0 Å². The molecule has 1 aliphatic heterocycles. The maximum atomic E-state index is 12.7. The predicted molar refractivity (Wildman–Crippen MR) is 99.7 cm³/mol. The third kappa shape index (κ3) is 6.06. The highest BCUT2D eigenvalue weighted by Crippen LogP contribution is 2.19. The van der Waals surface area contributed by atoms with Crippen molar-refractivity contribution in [3.63, 3.8) is 0 Å². The van der Waals surface area contributed by atoms with E-state index in [1.165, 1.54) is 0 Å². The molecule has 3 atom stereocenters. The van der Waals surface area contributed by atoms with Crippen molar-refractivity contribution in [1.82, 2.24) is 10.2 Å². The molecule has 0 bridgehead atoms. The van der Waals surface area contributed by atoms with Crippen molar-refractivity contribution < 1.29 is 23.9 Å². The Bertz CT molecular complexity index is 622. The first-order chi connectivity index (χ1) is 13.1. The van der Waals surface area contributed by atoms with Crippen molar-refractivity contribution in [3.05, 3.63) is 35.9 Å². The van der Waals surface area contributed by atoms with Gasteiger partial charge in [0.05, 0.1) is 12.6 Å². The summed E-state index contributed by atoms with van der Waals surface area (Å²) in [6.45, 7) is 4.67. The molecule has 0 saturated carbocycles. The van der Waals surface area contributed by atoms with Crippen LogP contribution >= 0.6 is 0 Å². The van der Waals surface area contributed by atoms with Gasteiger partial charge in [-0.2, -0.15) is 0 Å². The summed E-state index contributed by atoms with van der Waals surface area (Å²) in [6.07, 6.45) is 2.11. The second-order valence-corrected chi connectivity index (χ2v) is 6.58. The molecule has 7 nitrogen and oxygen atoms in total. The second kappa shape index (κ2) is 10.7. The topological polar surface area (TPSA) is 84.9 Å². The number of likely N-dealkylation sites (tertiary alicyclic amines) is 1. The summed E-state index contributed by atoms with van der Waals surface area (Å²) in [6, 6.07) is 8.68. The molecular weight excluding hydrogens is 348 g/mol. The van der Waals surface area contributed by atoms with Gasteiger partial charge in [0.25, 0.3) is 6.47 Å². The number of ether oxygens (including phenoxy) is 2. The van der Waals surface area contributed by atoms with Crippen molar-refractivity contribution in [2.45, 2.75) is 57.8 Å². The number of esters is 1. The van der Waals surface area contributed by atoms with E-state index >= 15 is 0 Å². The third-order valence-electron chi connectivity index (χ3n) is 4.65. The lowest BCUT2D eigenvalue weighted by molar-refractivity contribution is -0.152. The molecule has 2 rings (SSSR count). The molecule has 0 spiro atoms. The average Bonchev–Trinajstić information content (AvgIpc) is 3.13. The number of hydrogen-bond donors (Lipinski definition) is 1. The standard InChI is InChI=1S/C20H28N2O5/c1-3-26-20(25)17(12-11-16-8-5-4-6-9-16)21-15(2)19(24)22-13-7-10-18(22)27-14-23/h4-6,8-9,14-15,17-18,21H,3,7,10-13H2,1-2H3/t15-,17-,18+/m0/s1. The minimum Gasteiger partial charge on any atom is -0.465 e. The molecule has 1 aliphatic rings. The Morgan fingerprint density at radius 3 is 2.74 bits per heavy atom. The van der Waals surface area contributed by atoms with Crippen LogP contribution in [0, 0.1) is 0 Å². The number of carbonyl (C=O) groups excluding carboxylic acids is 3. The predicted octanol–water partition coefficient (Wildman–Crippen LogP) is 1.65. The first-order valence-corrected chi connectivity index (χ1v) is 9.43. The fourth-order valence-corrected chi connectivity index (χ4v) is 3.28. The van der Waals surface area contributed by atoms with E-state index in [-0.39, 0.29) is 18.5 Å². The molecular formula is C20H28N2O5. The summed E-state index contributed by atoms with van der Waals surface area (Å²) in [4.78, 5) is 37.2. The minimum atomic E-state index is -0.592. The molecule has 1 heterocycles. The van der Waals surface area contributed by atoms with Crippen molar-refractivity contribution in [2.24, 2.45) is 0 Å². The monoisotopic (exact) mass is 376 g/mol. The summed E-state index contributed by atoms with van der Waals surface area (Å²) in [5, 5.41) is 3.10. The van der Waals surface area contributed by atoms with Gasteiger partial charge in [0.15, 0.2) is 6.23 Å². The van der Waals surface area contributed by atoms with Gasteiger partial charge in [-0.25, -0.2) is 0 Å². The molecule has 1 aromatic carbocycles. The Hall–Kier alpha value is -2.41. The quantitative estimate of drug-likeness (QED) is 0.494. The zero-order chi connectivity index (χ0) is 19.6. The Labute approximate surface area is 160 Å². The SMILES string of the molecule is CCOC(=O)[C@H](CCc1ccccc1)N[C@@H](C)C(=O)N1CCC[C@H]1OC=O. The van der Waals surface area contributed by atoms with Gasteiger partial charge in [-0.1, -0.05) is 30.3 Å². The van der Waals surface area contributed by atoms with E-state index in [2.05, 4.69) is 5.32 Å². The number of nitrogens with one attached hydrogen (secondary N) is 1. The molecule has 1 fully saturated rings. The lowest BCUT2D eigenvalue weighted by Gasteiger charge is -2.28. The van der Waals surface area contributed by atoms with Gasteiger partial charge in [0, 0.05) is 13.0 Å². The van der Waals surface area contributed by atoms with E-state index in [0.29, 0.717) is 32.3 Å². The highest BCUT2D eigenvalue weighted by molar-refractivity contribution is 5.83. The van der Waals surface area contributed by atoms with Crippen LogP contribution in [0.1, 0.15) is 38.7 Å². The van der Waals surface area contributed by atoms with Crippen LogP contribution in [0.5, 0.6) is 0 Å². The van der Waals surface area contributed by atoms with E-state index in [1.807, 2.05) is 30.3 Å². The maximum absolute atomic E-state index is 12.7. The maximum Gasteiger partial charge on any atom is 0.323 e. The Morgan fingerprint density at radius 2 is 2.07 bits per heavy atom. The molecule has 148 valence electrons. The summed E-state index contributed by atoms with van der Waals surface area (Å²) in [7, 11) is 0. The van der Waals surface area contributed by atoms with Crippen LogP contribution in [0.15, 0.2) is 30.3 Å². The fourth-order valence-electron chi connectivity index (χ4n) is 3.28. The van der Waals surface area contributed by atoms with Gasteiger partial charge in [-0.15, -0.1) is 0 Å². The highest BCUT2D eigenvalue weighted by Gasteiger charge is 2.34. The van der Waals surface area contributed by atoms with Crippen LogP contribution in [-0.2, 0) is 30.3 Å². The smallest absolute Gasteiger partial charge is 0.323 e. The number of hydrogen-bond acceptors (Lipinski definition) is 6. The number of amides is 1. The van der Waals surface area contributed by atoms with Gasteiger partial charge < -0.3 is 14.4 Å². The molecule has 7 heteroatoms. The Kier molecular flexibility index (Phi) is 8.26. The van der Waals surface area contributed by atoms with E-state index < -0.39 is 18.3 Å². The lowest BCUT2D eigenvalue weighted by Crippen LogP contribution is -2.52. The number of rotatable bonds is 10. The van der Waals surface area contributed by atoms with E-state index in [4.69, 9.17) is 9.47 Å². The van der Waals surface area contributed by atoms with Gasteiger partial charge in [0.1, 0.15) is 6.04 Å². The summed E-state index contributed by atoms with van der Waals surface area (Å²) in [5.41, 5.74) is 1.12. The Morgan fingerprint density at radius 1 is 1.33 bits per heavy atom. The molecule has 0 aromatic heterocycles. The van der Waals surface area contributed by atoms with Crippen molar-refractivity contribution >= 4 is 18.3 Å². The molecule has 1 amide bonds. The number of benzene rings is 1. The van der Waals surface area contributed by atoms with Gasteiger partial charge in [0.2, 0.25) is 5.91 Å². The number of aryl methyl sites for hydroxylation is 1. The minimum absolute atomic E-state index is 0.187. The number of carbonyl (C=O) groups is 3. The zero-order valence-electron chi connectivity index (χ0n) is 15.9. The molecule has 0 unspecified atom stereocenters. The molecule has 1 aromatic rings. The normalized spacial score (nSPS) is 18.6. The van der Waals surface area contributed by atoms with Crippen LogP contribution < -0.4 is 5.32 Å². The average molecular weight is 376 g/mol. The van der Waals surface area contributed by atoms with Crippen molar-refractivity contribution in [3.8, 4) is 0 Å². The summed E-state index contributed by atoms with van der Waals surface area (Å²) >= 11 is 0. The third-order valence-corrected chi connectivity index (χ3v) is 4.65. The first kappa shape index (κ1) is 20.9. The van der Waals surface area contributed by atoms with Crippen LogP contribution in [0.25, 0.3) is 0 Å². The molecule has 1 saturated heterocycles. The molecule has 0 aliphatic carbocycles. The fraction of sp³-hybridized carbons (Fsp3) is 0.550. The van der Waals surface area contributed by atoms with E-state index in [0.717, 1.165) is 12.0 Å². The van der Waals surface area contributed by atoms with E-state index in [9.17, 15) is 14.4 Å². The van der Waals surface area contributed by atoms with Crippen molar-refractivity contribution in [2.75, 3.05) is 13.2 Å². The van der Waals surface area contributed by atoms with Gasteiger partial charge >= 0.3 is 5.97 Å².